The van der Waals surface area contributed by atoms with Gasteiger partial charge in [0.2, 0.25) is 5.88 Å². The van der Waals surface area contributed by atoms with E-state index in [-0.39, 0.29) is 5.69 Å². The molecule has 0 radical (unpaired) electrons. The van der Waals surface area contributed by atoms with Crippen LogP contribution >= 0.6 is 0 Å². The quantitative estimate of drug-likeness (QED) is 0.643. The van der Waals surface area contributed by atoms with E-state index in [0.717, 1.165) is 18.8 Å². The van der Waals surface area contributed by atoms with Gasteiger partial charge in [-0.3, -0.25) is 10.1 Å². The standard InChI is InChI=1S/C15H17N3O3/c1-3-9-16-14-5-4-6-15(17-14)21-13-8-7-12(18(19)20)10-11(13)2/h4-8,10H,3,9H2,1-2H3,(H,16,17). The summed E-state index contributed by atoms with van der Waals surface area (Å²) in [6.07, 6.45) is 1.01. The van der Waals surface area contributed by atoms with Gasteiger partial charge in [-0.15, -0.1) is 0 Å². The lowest BCUT2D eigenvalue weighted by Crippen LogP contribution is -2.02. The predicted octanol–water partition coefficient (Wildman–Crippen LogP) is 3.91. The van der Waals surface area contributed by atoms with Crippen LogP contribution < -0.4 is 10.1 Å². The van der Waals surface area contributed by atoms with E-state index in [0.29, 0.717) is 17.2 Å². The molecule has 1 heterocycles. The molecule has 0 fully saturated rings. The maximum Gasteiger partial charge on any atom is 0.269 e. The van der Waals surface area contributed by atoms with Crippen LogP contribution in [0.15, 0.2) is 36.4 Å². The lowest BCUT2D eigenvalue weighted by Gasteiger charge is -2.09. The zero-order valence-electron chi connectivity index (χ0n) is 12.0. The number of hydrogen-bond acceptors (Lipinski definition) is 5. The van der Waals surface area contributed by atoms with Crippen LogP contribution in [0.25, 0.3) is 0 Å². The van der Waals surface area contributed by atoms with Gasteiger partial charge in [-0.1, -0.05) is 13.0 Å². The molecular formula is C15H17N3O3. The molecule has 0 atom stereocenters. The third-order valence-electron chi connectivity index (χ3n) is 2.86. The Morgan fingerprint density at radius 2 is 2.14 bits per heavy atom. The van der Waals surface area contributed by atoms with Gasteiger partial charge in [0.05, 0.1) is 4.92 Å². The van der Waals surface area contributed by atoms with Crippen molar-refractivity contribution in [3.63, 3.8) is 0 Å². The van der Waals surface area contributed by atoms with Crippen molar-refractivity contribution in [2.45, 2.75) is 20.3 Å². The second-order valence-electron chi connectivity index (χ2n) is 4.60. The van der Waals surface area contributed by atoms with E-state index >= 15 is 0 Å². The van der Waals surface area contributed by atoms with E-state index in [1.54, 1.807) is 19.1 Å². The minimum atomic E-state index is -0.426. The van der Waals surface area contributed by atoms with E-state index in [9.17, 15) is 10.1 Å². The van der Waals surface area contributed by atoms with Crippen molar-refractivity contribution in [3.05, 3.63) is 52.1 Å². The summed E-state index contributed by atoms with van der Waals surface area (Å²) in [5.41, 5.74) is 0.740. The van der Waals surface area contributed by atoms with Crippen molar-refractivity contribution in [1.82, 2.24) is 4.98 Å². The summed E-state index contributed by atoms with van der Waals surface area (Å²) in [7, 11) is 0. The molecule has 110 valence electrons. The Balaban J connectivity index is 2.16. The van der Waals surface area contributed by atoms with Gasteiger partial charge >= 0.3 is 0 Å². The SMILES string of the molecule is CCCNc1cccc(Oc2ccc([N+](=O)[O-])cc2C)n1. The van der Waals surface area contributed by atoms with Crippen LogP contribution in [-0.4, -0.2) is 16.5 Å². The fourth-order valence-electron chi connectivity index (χ4n) is 1.80. The Kier molecular flexibility index (Phi) is 4.71. The molecule has 0 saturated heterocycles. The fraction of sp³-hybridized carbons (Fsp3) is 0.267. The molecule has 1 aromatic carbocycles. The van der Waals surface area contributed by atoms with Gasteiger partial charge < -0.3 is 10.1 Å². The Morgan fingerprint density at radius 3 is 2.81 bits per heavy atom. The summed E-state index contributed by atoms with van der Waals surface area (Å²) >= 11 is 0. The van der Waals surface area contributed by atoms with Crippen LogP contribution in [0, 0.1) is 17.0 Å². The van der Waals surface area contributed by atoms with Crippen LogP contribution in [0.3, 0.4) is 0 Å². The number of benzene rings is 1. The molecule has 0 bridgehead atoms. The number of nitro benzene ring substituents is 1. The number of aromatic nitrogens is 1. The first-order chi connectivity index (χ1) is 10.1. The molecule has 1 N–H and O–H groups in total. The highest BCUT2D eigenvalue weighted by Crippen LogP contribution is 2.27. The Hall–Kier alpha value is -2.63. The summed E-state index contributed by atoms with van der Waals surface area (Å²) in [6, 6.07) is 9.95. The van der Waals surface area contributed by atoms with Crippen molar-refractivity contribution >= 4 is 11.5 Å². The summed E-state index contributed by atoms with van der Waals surface area (Å²) < 4.78 is 5.69. The van der Waals surface area contributed by atoms with Crippen molar-refractivity contribution in [3.8, 4) is 11.6 Å². The molecule has 2 aromatic rings. The van der Waals surface area contributed by atoms with Gasteiger partial charge in [0.15, 0.2) is 0 Å². The van der Waals surface area contributed by atoms with E-state index < -0.39 is 4.92 Å². The minimum Gasteiger partial charge on any atom is -0.439 e. The molecule has 2 rings (SSSR count). The van der Waals surface area contributed by atoms with Crippen molar-refractivity contribution < 1.29 is 9.66 Å². The van der Waals surface area contributed by atoms with E-state index in [2.05, 4.69) is 17.2 Å². The molecule has 0 aliphatic rings. The maximum atomic E-state index is 10.7. The summed E-state index contributed by atoms with van der Waals surface area (Å²) in [4.78, 5) is 14.6. The average Bonchev–Trinajstić information content (AvgIpc) is 2.47. The van der Waals surface area contributed by atoms with Crippen molar-refractivity contribution in [1.29, 1.82) is 0 Å². The molecule has 6 heteroatoms. The second-order valence-corrected chi connectivity index (χ2v) is 4.60. The van der Waals surface area contributed by atoms with Crippen molar-refractivity contribution in [2.24, 2.45) is 0 Å². The minimum absolute atomic E-state index is 0.0474. The highest BCUT2D eigenvalue weighted by Gasteiger charge is 2.10. The number of ether oxygens (including phenoxy) is 1. The molecular weight excluding hydrogens is 270 g/mol. The number of non-ortho nitro benzene ring substituents is 1. The summed E-state index contributed by atoms with van der Waals surface area (Å²) in [5.74, 6) is 1.75. The smallest absolute Gasteiger partial charge is 0.269 e. The van der Waals surface area contributed by atoms with Crippen molar-refractivity contribution in [2.75, 3.05) is 11.9 Å². The number of nitrogens with zero attached hydrogens (tertiary/aromatic N) is 2. The van der Waals surface area contributed by atoms with Crippen LogP contribution in [0.1, 0.15) is 18.9 Å². The normalized spacial score (nSPS) is 10.2. The molecule has 1 aromatic heterocycles. The number of pyridine rings is 1. The topological polar surface area (TPSA) is 77.3 Å². The fourth-order valence-corrected chi connectivity index (χ4v) is 1.80. The molecule has 6 nitrogen and oxygen atoms in total. The molecule has 0 aliphatic heterocycles. The first-order valence-corrected chi connectivity index (χ1v) is 6.74. The Bertz CT molecular complexity index is 644. The van der Waals surface area contributed by atoms with Gasteiger partial charge in [0.1, 0.15) is 11.6 Å². The van der Waals surface area contributed by atoms with Crippen LogP contribution in [-0.2, 0) is 0 Å². The van der Waals surface area contributed by atoms with E-state index in [1.807, 2.05) is 12.1 Å². The van der Waals surface area contributed by atoms with Crippen LogP contribution in [0.4, 0.5) is 11.5 Å². The van der Waals surface area contributed by atoms with Gasteiger partial charge in [-0.25, -0.2) is 0 Å². The Labute approximate surface area is 122 Å². The predicted molar refractivity (Wildman–Crippen MR) is 80.9 cm³/mol. The van der Waals surface area contributed by atoms with Crippen LogP contribution in [0.5, 0.6) is 11.6 Å². The largest absolute Gasteiger partial charge is 0.439 e. The third-order valence-corrected chi connectivity index (χ3v) is 2.86. The molecule has 0 amide bonds. The summed E-state index contributed by atoms with van der Waals surface area (Å²) in [6.45, 7) is 4.68. The highest BCUT2D eigenvalue weighted by molar-refractivity contribution is 5.45. The first-order valence-electron chi connectivity index (χ1n) is 6.74. The van der Waals surface area contributed by atoms with E-state index in [1.165, 1.54) is 12.1 Å². The third kappa shape index (κ3) is 3.92. The zero-order valence-corrected chi connectivity index (χ0v) is 12.0. The number of hydrogen-bond donors (Lipinski definition) is 1. The lowest BCUT2D eigenvalue weighted by atomic mass is 10.2. The molecule has 21 heavy (non-hydrogen) atoms. The van der Waals surface area contributed by atoms with Gasteiger partial charge in [0.25, 0.3) is 5.69 Å². The Morgan fingerprint density at radius 1 is 1.33 bits per heavy atom. The first kappa shape index (κ1) is 14.8. The molecule has 0 unspecified atom stereocenters. The number of nitro groups is 1. The van der Waals surface area contributed by atoms with Gasteiger partial charge in [0, 0.05) is 24.7 Å². The number of rotatable bonds is 6. The number of nitrogens with one attached hydrogen (secondary N) is 1. The number of anilines is 1. The molecule has 0 saturated carbocycles. The lowest BCUT2D eigenvalue weighted by molar-refractivity contribution is -0.384. The summed E-state index contributed by atoms with van der Waals surface area (Å²) in [5, 5.41) is 13.9. The maximum absolute atomic E-state index is 10.7. The average molecular weight is 287 g/mol. The zero-order chi connectivity index (χ0) is 15.2. The monoisotopic (exact) mass is 287 g/mol. The highest BCUT2D eigenvalue weighted by atomic mass is 16.6. The van der Waals surface area contributed by atoms with Gasteiger partial charge in [-0.2, -0.15) is 4.98 Å². The van der Waals surface area contributed by atoms with Crippen LogP contribution in [0.2, 0.25) is 0 Å². The van der Waals surface area contributed by atoms with E-state index in [4.69, 9.17) is 4.74 Å². The van der Waals surface area contributed by atoms with Gasteiger partial charge in [-0.05, 0) is 31.0 Å². The second kappa shape index (κ2) is 6.69. The molecule has 0 aliphatic carbocycles. The molecule has 0 spiro atoms. The number of aryl methyl sites for hydroxylation is 1.